The Kier molecular flexibility index (Phi) is 3.08. The van der Waals surface area contributed by atoms with Gasteiger partial charge in [0.1, 0.15) is 11.3 Å². The average Bonchev–Trinajstić information content (AvgIpc) is 2.65. The van der Waals surface area contributed by atoms with E-state index in [1.165, 1.54) is 0 Å². The Labute approximate surface area is 111 Å². The Bertz CT molecular complexity index is 650. The molecule has 0 fully saturated rings. The number of amides is 2. The van der Waals surface area contributed by atoms with Gasteiger partial charge in [-0.1, -0.05) is 0 Å². The topological polar surface area (TPSA) is 103 Å². The van der Waals surface area contributed by atoms with Crippen molar-refractivity contribution in [3.05, 3.63) is 34.2 Å². The first-order valence-corrected chi connectivity index (χ1v) is 5.97. The number of nitrogens with zero attached hydrogens (tertiary/aromatic N) is 2. The normalized spacial score (nSPS) is 12.6. The Hall–Kier alpha value is -1.89. The molecule has 2 heterocycles. The van der Waals surface area contributed by atoms with Gasteiger partial charge in [-0.05, 0) is 35.0 Å². The number of carbonyl (C=O) groups is 2. The molecule has 1 atom stereocenters. The van der Waals surface area contributed by atoms with E-state index in [0.29, 0.717) is 11.3 Å². The minimum absolute atomic E-state index is 0.178. The summed E-state index contributed by atoms with van der Waals surface area (Å²) in [6.07, 6.45) is 1.67. The van der Waals surface area contributed by atoms with Crippen molar-refractivity contribution in [2.24, 2.45) is 11.5 Å². The summed E-state index contributed by atoms with van der Waals surface area (Å²) in [5.41, 5.74) is 11.6. The van der Waals surface area contributed by atoms with Crippen LogP contribution in [0.1, 0.15) is 29.0 Å². The number of aromatic nitrogens is 2. The van der Waals surface area contributed by atoms with Crippen LogP contribution < -0.4 is 11.5 Å². The average molecular weight is 311 g/mol. The maximum Gasteiger partial charge on any atom is 0.267 e. The molecule has 0 aliphatic carbocycles. The fourth-order valence-electron chi connectivity index (χ4n) is 1.72. The summed E-state index contributed by atoms with van der Waals surface area (Å²) in [5, 5.41) is 0. The molecule has 2 aromatic heterocycles. The second kappa shape index (κ2) is 4.41. The zero-order valence-corrected chi connectivity index (χ0v) is 11.1. The van der Waals surface area contributed by atoms with Crippen LogP contribution in [0.25, 0.3) is 5.65 Å². The maximum atomic E-state index is 11.5. The zero-order valence-electron chi connectivity index (χ0n) is 9.55. The van der Waals surface area contributed by atoms with E-state index in [9.17, 15) is 9.59 Å². The second-order valence-electron chi connectivity index (χ2n) is 3.91. The molecule has 18 heavy (non-hydrogen) atoms. The summed E-state index contributed by atoms with van der Waals surface area (Å²) in [4.78, 5) is 27.0. The Morgan fingerprint density at radius 2 is 2.06 bits per heavy atom. The molecule has 2 amide bonds. The lowest BCUT2D eigenvalue weighted by atomic mass is 10.1. The summed E-state index contributed by atoms with van der Waals surface area (Å²) >= 11 is 3.30. The van der Waals surface area contributed by atoms with Crippen LogP contribution in [0, 0.1) is 0 Å². The number of hydrogen-bond acceptors (Lipinski definition) is 3. The van der Waals surface area contributed by atoms with Crippen molar-refractivity contribution in [1.29, 1.82) is 0 Å². The molecular weight excluding hydrogens is 300 g/mol. The van der Waals surface area contributed by atoms with Gasteiger partial charge in [-0.2, -0.15) is 0 Å². The minimum Gasteiger partial charge on any atom is -0.369 e. The highest BCUT2D eigenvalue weighted by molar-refractivity contribution is 9.10. The van der Waals surface area contributed by atoms with Crippen molar-refractivity contribution in [3.8, 4) is 0 Å². The number of nitrogens with two attached hydrogens (primary N) is 2. The predicted octanol–water partition coefficient (Wildman–Crippen LogP) is 0.785. The van der Waals surface area contributed by atoms with E-state index in [4.69, 9.17) is 11.5 Å². The van der Waals surface area contributed by atoms with Crippen LogP contribution in [0.4, 0.5) is 0 Å². The van der Waals surface area contributed by atoms with Crippen LogP contribution in [-0.4, -0.2) is 21.2 Å². The van der Waals surface area contributed by atoms with Crippen molar-refractivity contribution in [2.75, 3.05) is 0 Å². The lowest BCUT2D eigenvalue weighted by molar-refractivity contribution is -0.119. The largest absolute Gasteiger partial charge is 0.369 e. The van der Waals surface area contributed by atoms with Gasteiger partial charge in [-0.15, -0.1) is 0 Å². The minimum atomic E-state index is -0.675. The molecule has 2 aromatic rings. The number of fused-ring (bicyclic) bond motifs is 1. The number of primary amides is 2. The van der Waals surface area contributed by atoms with E-state index in [-0.39, 0.29) is 5.69 Å². The Morgan fingerprint density at radius 1 is 1.39 bits per heavy atom. The summed E-state index contributed by atoms with van der Waals surface area (Å²) < 4.78 is 2.31. The van der Waals surface area contributed by atoms with Gasteiger partial charge in [0.15, 0.2) is 0 Å². The van der Waals surface area contributed by atoms with Gasteiger partial charge in [-0.25, -0.2) is 4.98 Å². The number of pyridine rings is 1. The van der Waals surface area contributed by atoms with Gasteiger partial charge in [0, 0.05) is 10.7 Å². The van der Waals surface area contributed by atoms with Crippen LogP contribution in [0.2, 0.25) is 0 Å². The van der Waals surface area contributed by atoms with Crippen molar-refractivity contribution in [3.63, 3.8) is 0 Å². The molecule has 0 saturated carbocycles. The van der Waals surface area contributed by atoms with E-state index < -0.39 is 17.7 Å². The van der Waals surface area contributed by atoms with Gasteiger partial charge in [0.25, 0.3) is 5.91 Å². The van der Waals surface area contributed by atoms with Gasteiger partial charge < -0.3 is 11.5 Å². The van der Waals surface area contributed by atoms with Crippen LogP contribution in [0.3, 0.4) is 0 Å². The fraction of sp³-hybridized carbons (Fsp3) is 0.182. The quantitative estimate of drug-likeness (QED) is 0.875. The van der Waals surface area contributed by atoms with Crippen molar-refractivity contribution in [2.45, 2.75) is 12.8 Å². The number of rotatable bonds is 3. The first-order chi connectivity index (χ1) is 8.41. The summed E-state index contributed by atoms with van der Waals surface area (Å²) in [5.74, 6) is -1.88. The molecular formula is C11H11BrN4O2. The molecule has 0 bridgehead atoms. The highest BCUT2D eigenvalue weighted by atomic mass is 79.9. The van der Waals surface area contributed by atoms with Crippen molar-refractivity contribution in [1.82, 2.24) is 9.38 Å². The number of halogens is 1. The number of hydrogen-bond donors (Lipinski definition) is 2. The molecule has 94 valence electrons. The maximum absolute atomic E-state index is 11.5. The smallest absolute Gasteiger partial charge is 0.267 e. The van der Waals surface area contributed by atoms with E-state index in [0.717, 1.165) is 4.47 Å². The third kappa shape index (κ3) is 1.97. The molecule has 0 saturated heterocycles. The van der Waals surface area contributed by atoms with E-state index in [1.54, 1.807) is 29.7 Å². The van der Waals surface area contributed by atoms with Gasteiger partial charge >= 0.3 is 0 Å². The van der Waals surface area contributed by atoms with Crippen molar-refractivity contribution >= 4 is 33.4 Å². The Morgan fingerprint density at radius 3 is 2.61 bits per heavy atom. The second-order valence-corrected chi connectivity index (χ2v) is 4.83. The molecule has 1 unspecified atom stereocenters. The van der Waals surface area contributed by atoms with Crippen LogP contribution in [-0.2, 0) is 4.79 Å². The molecule has 0 radical (unpaired) electrons. The van der Waals surface area contributed by atoms with Gasteiger partial charge in [-0.3, -0.25) is 14.0 Å². The number of imidazole rings is 1. The summed E-state index contributed by atoms with van der Waals surface area (Å²) in [7, 11) is 0. The Balaban J connectivity index is 2.77. The highest BCUT2D eigenvalue weighted by Crippen LogP contribution is 2.22. The standard InChI is InChI=1S/C11H11BrN4O2/c1-5(10(13)17)8-9(11(14)18)16-4-6(12)2-3-7(16)15-8/h2-5H,1H3,(H2,13,17)(H2,14,18). The van der Waals surface area contributed by atoms with Crippen LogP contribution >= 0.6 is 15.9 Å². The molecule has 4 N–H and O–H groups in total. The molecule has 0 spiro atoms. The van der Waals surface area contributed by atoms with Crippen molar-refractivity contribution < 1.29 is 9.59 Å². The first-order valence-electron chi connectivity index (χ1n) is 5.18. The third-order valence-corrected chi connectivity index (χ3v) is 3.15. The molecule has 0 aliphatic rings. The first kappa shape index (κ1) is 12.6. The van der Waals surface area contributed by atoms with E-state index in [2.05, 4.69) is 20.9 Å². The van der Waals surface area contributed by atoms with E-state index in [1.807, 2.05) is 0 Å². The van der Waals surface area contributed by atoms with Gasteiger partial charge in [0.2, 0.25) is 5.91 Å². The van der Waals surface area contributed by atoms with Crippen LogP contribution in [0.5, 0.6) is 0 Å². The summed E-state index contributed by atoms with van der Waals surface area (Å²) in [6.45, 7) is 1.59. The SMILES string of the molecule is CC(C(N)=O)c1nc2ccc(Br)cn2c1C(N)=O. The molecule has 6 nitrogen and oxygen atoms in total. The molecule has 0 aliphatic heterocycles. The number of carbonyl (C=O) groups excluding carboxylic acids is 2. The summed E-state index contributed by atoms with van der Waals surface area (Å²) in [6, 6.07) is 3.50. The van der Waals surface area contributed by atoms with E-state index >= 15 is 0 Å². The monoisotopic (exact) mass is 310 g/mol. The molecule has 0 aromatic carbocycles. The third-order valence-electron chi connectivity index (χ3n) is 2.68. The molecule has 2 rings (SSSR count). The fourth-order valence-corrected chi connectivity index (χ4v) is 2.06. The molecule has 7 heteroatoms. The van der Waals surface area contributed by atoms with Crippen LogP contribution in [0.15, 0.2) is 22.8 Å². The zero-order chi connectivity index (χ0) is 13.4. The predicted molar refractivity (Wildman–Crippen MR) is 69.0 cm³/mol. The lowest BCUT2D eigenvalue weighted by Crippen LogP contribution is -2.23. The van der Waals surface area contributed by atoms with Gasteiger partial charge in [0.05, 0.1) is 11.6 Å². The lowest BCUT2D eigenvalue weighted by Gasteiger charge is -2.05. The highest BCUT2D eigenvalue weighted by Gasteiger charge is 2.24.